The fraction of sp³-hybridized carbons (Fsp3) is 0.615. The lowest BCUT2D eigenvalue weighted by Crippen LogP contribution is -2.30. The molecule has 1 aromatic heterocycles. The van der Waals surface area contributed by atoms with E-state index in [4.69, 9.17) is 5.11 Å². The molecule has 3 fully saturated rings. The number of rotatable bonds is 2. The summed E-state index contributed by atoms with van der Waals surface area (Å²) in [6.45, 7) is 0. The molecular weight excluding hydrogens is 220 g/mol. The topological polar surface area (TPSA) is 37.3 Å². The fourth-order valence-electron chi connectivity index (χ4n) is 3.54. The minimum absolute atomic E-state index is 0.532. The van der Waals surface area contributed by atoms with Gasteiger partial charge in [-0.15, -0.1) is 11.3 Å². The van der Waals surface area contributed by atoms with Crippen LogP contribution in [0.1, 0.15) is 53.3 Å². The van der Waals surface area contributed by atoms with Crippen LogP contribution >= 0.6 is 11.3 Å². The van der Waals surface area contributed by atoms with Crippen LogP contribution in [-0.2, 0) is 0 Å². The van der Waals surface area contributed by atoms with Crippen molar-refractivity contribution in [3.63, 3.8) is 0 Å². The lowest BCUT2D eigenvalue weighted by Gasteiger charge is -2.42. The normalized spacial score (nSPS) is 32.9. The SMILES string of the molecule is O=C(O)c1sccc1C1CC2CCC1CC2. The molecule has 1 heterocycles. The van der Waals surface area contributed by atoms with Gasteiger partial charge in [-0.3, -0.25) is 0 Å². The molecule has 1 unspecified atom stereocenters. The molecule has 3 heteroatoms. The van der Waals surface area contributed by atoms with Gasteiger partial charge >= 0.3 is 5.97 Å². The summed E-state index contributed by atoms with van der Waals surface area (Å²) in [4.78, 5) is 11.7. The average Bonchev–Trinajstić information content (AvgIpc) is 2.79. The monoisotopic (exact) mass is 236 g/mol. The Morgan fingerprint density at radius 2 is 2.06 bits per heavy atom. The lowest BCUT2D eigenvalue weighted by molar-refractivity contribution is 0.0697. The summed E-state index contributed by atoms with van der Waals surface area (Å²) in [5, 5.41) is 11.1. The second kappa shape index (κ2) is 3.88. The predicted octanol–water partition coefficient (Wildman–Crippen LogP) is 3.74. The highest BCUT2D eigenvalue weighted by molar-refractivity contribution is 7.12. The Hall–Kier alpha value is -0.830. The molecule has 2 bridgehead atoms. The summed E-state index contributed by atoms with van der Waals surface area (Å²) >= 11 is 1.38. The molecule has 1 atom stereocenters. The molecule has 2 nitrogen and oxygen atoms in total. The van der Waals surface area contributed by atoms with Gasteiger partial charge in [0.15, 0.2) is 0 Å². The Morgan fingerprint density at radius 1 is 1.31 bits per heavy atom. The lowest BCUT2D eigenvalue weighted by atomic mass is 9.63. The van der Waals surface area contributed by atoms with Crippen molar-refractivity contribution >= 4 is 17.3 Å². The van der Waals surface area contributed by atoms with E-state index >= 15 is 0 Å². The third-order valence-corrected chi connectivity index (χ3v) is 5.26. The summed E-state index contributed by atoms with van der Waals surface area (Å²) in [7, 11) is 0. The maximum absolute atomic E-state index is 11.1. The van der Waals surface area contributed by atoms with Crippen molar-refractivity contribution in [3.8, 4) is 0 Å². The molecule has 3 aliphatic rings. The second-order valence-corrected chi connectivity index (χ2v) is 6.05. The standard InChI is InChI=1S/C13H16O2S/c14-13(15)12-10(5-6-16-12)11-7-8-1-3-9(11)4-2-8/h5-6,8-9,11H,1-4,7H2,(H,14,15). The van der Waals surface area contributed by atoms with E-state index < -0.39 is 5.97 Å². The highest BCUT2D eigenvalue weighted by Crippen LogP contribution is 2.50. The van der Waals surface area contributed by atoms with Gasteiger partial charge in [0.1, 0.15) is 4.88 Å². The molecule has 0 amide bonds. The van der Waals surface area contributed by atoms with Crippen LogP contribution in [0.25, 0.3) is 0 Å². The molecule has 3 saturated carbocycles. The van der Waals surface area contributed by atoms with Crippen LogP contribution in [0, 0.1) is 11.8 Å². The molecule has 1 aromatic rings. The number of carboxylic acids is 1. The van der Waals surface area contributed by atoms with Crippen molar-refractivity contribution in [2.24, 2.45) is 11.8 Å². The maximum atomic E-state index is 11.1. The van der Waals surface area contributed by atoms with Crippen LogP contribution in [0.2, 0.25) is 0 Å². The summed E-state index contributed by atoms with van der Waals surface area (Å²) < 4.78 is 0. The Kier molecular flexibility index (Phi) is 2.51. The molecule has 0 saturated heterocycles. The summed E-state index contributed by atoms with van der Waals surface area (Å²) in [6, 6.07) is 2.04. The first kappa shape index (κ1) is 10.3. The van der Waals surface area contributed by atoms with Crippen molar-refractivity contribution in [2.45, 2.75) is 38.0 Å². The Balaban J connectivity index is 1.92. The number of fused-ring (bicyclic) bond motifs is 3. The van der Waals surface area contributed by atoms with E-state index in [2.05, 4.69) is 0 Å². The minimum Gasteiger partial charge on any atom is -0.477 e. The highest BCUT2D eigenvalue weighted by atomic mass is 32.1. The molecule has 4 rings (SSSR count). The third-order valence-electron chi connectivity index (χ3n) is 4.34. The van der Waals surface area contributed by atoms with E-state index in [0.29, 0.717) is 10.8 Å². The van der Waals surface area contributed by atoms with Crippen molar-refractivity contribution in [3.05, 3.63) is 21.9 Å². The van der Waals surface area contributed by atoms with Gasteiger partial charge in [0.25, 0.3) is 0 Å². The third kappa shape index (κ3) is 1.58. The molecule has 0 spiro atoms. The highest BCUT2D eigenvalue weighted by Gasteiger charge is 2.38. The van der Waals surface area contributed by atoms with Gasteiger partial charge in [0.2, 0.25) is 0 Å². The zero-order valence-corrected chi connectivity index (χ0v) is 10.0. The summed E-state index contributed by atoms with van der Waals surface area (Å²) in [5.41, 5.74) is 1.12. The van der Waals surface area contributed by atoms with Crippen molar-refractivity contribution in [1.29, 1.82) is 0 Å². The van der Waals surface area contributed by atoms with Crippen LogP contribution in [0.5, 0.6) is 0 Å². The molecule has 1 N–H and O–H groups in total. The average molecular weight is 236 g/mol. The molecule has 16 heavy (non-hydrogen) atoms. The summed E-state index contributed by atoms with van der Waals surface area (Å²) in [6.07, 6.45) is 6.58. The van der Waals surface area contributed by atoms with E-state index in [0.717, 1.165) is 17.4 Å². The number of carbonyl (C=O) groups is 1. The maximum Gasteiger partial charge on any atom is 0.346 e. The Labute approximate surface area is 99.3 Å². The largest absolute Gasteiger partial charge is 0.477 e. The van der Waals surface area contributed by atoms with Crippen LogP contribution < -0.4 is 0 Å². The van der Waals surface area contributed by atoms with Crippen molar-refractivity contribution in [2.75, 3.05) is 0 Å². The second-order valence-electron chi connectivity index (χ2n) is 5.13. The first-order valence-electron chi connectivity index (χ1n) is 6.06. The van der Waals surface area contributed by atoms with E-state index in [9.17, 15) is 4.79 Å². The van der Waals surface area contributed by atoms with Crippen molar-refractivity contribution < 1.29 is 9.90 Å². The van der Waals surface area contributed by atoms with E-state index in [1.807, 2.05) is 11.4 Å². The predicted molar refractivity (Wildman–Crippen MR) is 64.1 cm³/mol. The molecular formula is C13H16O2S. The molecule has 0 aliphatic heterocycles. The van der Waals surface area contributed by atoms with Crippen LogP contribution in [0.3, 0.4) is 0 Å². The number of carboxylic acid groups (broad SMARTS) is 1. The number of thiophene rings is 1. The summed E-state index contributed by atoms with van der Waals surface area (Å²) in [5.74, 6) is 1.39. The van der Waals surface area contributed by atoms with Gasteiger partial charge in [0.05, 0.1) is 0 Å². The van der Waals surface area contributed by atoms with Crippen LogP contribution in [-0.4, -0.2) is 11.1 Å². The minimum atomic E-state index is -0.744. The quantitative estimate of drug-likeness (QED) is 0.849. The van der Waals surface area contributed by atoms with Crippen LogP contribution in [0.15, 0.2) is 11.4 Å². The smallest absolute Gasteiger partial charge is 0.346 e. The molecule has 3 aliphatic carbocycles. The number of hydrogen-bond donors (Lipinski definition) is 1. The Bertz CT molecular complexity index is 402. The van der Waals surface area contributed by atoms with Gasteiger partial charge in [0, 0.05) is 0 Å². The van der Waals surface area contributed by atoms with Gasteiger partial charge in [-0.25, -0.2) is 4.79 Å². The number of hydrogen-bond acceptors (Lipinski definition) is 2. The molecule has 0 aromatic carbocycles. The fourth-order valence-corrected chi connectivity index (χ4v) is 4.35. The first-order valence-corrected chi connectivity index (χ1v) is 6.94. The van der Waals surface area contributed by atoms with E-state index in [-0.39, 0.29) is 0 Å². The zero-order chi connectivity index (χ0) is 11.1. The molecule has 0 radical (unpaired) electrons. The number of aromatic carboxylic acids is 1. The van der Waals surface area contributed by atoms with E-state index in [1.165, 1.54) is 43.4 Å². The first-order chi connectivity index (χ1) is 7.75. The van der Waals surface area contributed by atoms with Gasteiger partial charge in [-0.2, -0.15) is 0 Å². The zero-order valence-electron chi connectivity index (χ0n) is 9.19. The van der Waals surface area contributed by atoms with Crippen molar-refractivity contribution in [1.82, 2.24) is 0 Å². The van der Waals surface area contributed by atoms with Gasteiger partial charge in [-0.05, 0) is 54.0 Å². The van der Waals surface area contributed by atoms with E-state index in [1.54, 1.807) is 0 Å². The molecule has 86 valence electrons. The van der Waals surface area contributed by atoms with Gasteiger partial charge < -0.3 is 5.11 Å². The van der Waals surface area contributed by atoms with Crippen LogP contribution in [0.4, 0.5) is 0 Å². The Morgan fingerprint density at radius 3 is 2.62 bits per heavy atom. The van der Waals surface area contributed by atoms with Gasteiger partial charge in [-0.1, -0.05) is 12.8 Å².